The van der Waals surface area contributed by atoms with Crippen LogP contribution >= 0.6 is 12.4 Å². The molecule has 0 fully saturated rings. The lowest BCUT2D eigenvalue weighted by Crippen LogP contribution is -2.17. The van der Waals surface area contributed by atoms with Crippen LogP contribution < -0.4 is 5.32 Å². The molecule has 0 heterocycles. The molecular weight excluding hydrogens is 268 g/mol. The van der Waals surface area contributed by atoms with Crippen molar-refractivity contribution in [1.82, 2.24) is 5.32 Å². The maximum Gasteiger partial charge on any atom is 0.269 e. The summed E-state index contributed by atoms with van der Waals surface area (Å²) in [6, 6.07) is 6.68. The summed E-state index contributed by atoms with van der Waals surface area (Å²) in [5, 5.41) is 13.8. The minimum absolute atomic E-state index is 0. The smallest absolute Gasteiger partial charge is 0.269 e. The van der Waals surface area contributed by atoms with Crippen LogP contribution in [0.5, 0.6) is 0 Å². The summed E-state index contributed by atoms with van der Waals surface area (Å²) in [6.45, 7) is 6.24. The predicted octanol–water partition coefficient (Wildman–Crippen LogP) is 2.92. The molecule has 108 valence electrons. The van der Waals surface area contributed by atoms with Gasteiger partial charge in [-0.3, -0.25) is 10.1 Å². The van der Waals surface area contributed by atoms with E-state index in [1.165, 1.54) is 6.07 Å². The fourth-order valence-corrected chi connectivity index (χ4v) is 1.53. The number of non-ortho nitro benzene ring substituents is 1. The molecule has 1 aromatic rings. The molecule has 0 amide bonds. The maximum absolute atomic E-state index is 10.6. The number of nitro benzene ring substituents is 1. The lowest BCUT2D eigenvalue weighted by atomic mass is 10.2. The third kappa shape index (κ3) is 7.77. The van der Waals surface area contributed by atoms with E-state index in [1.54, 1.807) is 12.1 Å². The van der Waals surface area contributed by atoms with Gasteiger partial charge in [0, 0.05) is 25.3 Å². The van der Waals surface area contributed by atoms with Crippen LogP contribution in [0.1, 0.15) is 25.8 Å². The van der Waals surface area contributed by atoms with Gasteiger partial charge in [-0.15, -0.1) is 12.4 Å². The Bertz CT molecular complexity index is 386. The molecule has 0 aliphatic heterocycles. The lowest BCUT2D eigenvalue weighted by Gasteiger charge is -2.08. The predicted molar refractivity (Wildman–Crippen MR) is 77.8 cm³/mol. The summed E-state index contributed by atoms with van der Waals surface area (Å²) in [5.74, 6) is 0. The average molecular weight is 289 g/mol. The molecule has 5 nitrogen and oxygen atoms in total. The van der Waals surface area contributed by atoms with Gasteiger partial charge in [-0.1, -0.05) is 12.1 Å². The quantitative estimate of drug-likeness (QED) is 0.454. The highest BCUT2D eigenvalue weighted by molar-refractivity contribution is 5.85. The summed E-state index contributed by atoms with van der Waals surface area (Å²) < 4.78 is 5.42. The number of halogens is 1. The second-order valence-electron chi connectivity index (χ2n) is 4.38. The van der Waals surface area contributed by atoms with Crippen molar-refractivity contribution in [3.05, 3.63) is 39.9 Å². The molecule has 1 aromatic carbocycles. The molecular formula is C13H21ClN2O3. The van der Waals surface area contributed by atoms with Crippen LogP contribution in [-0.2, 0) is 11.3 Å². The van der Waals surface area contributed by atoms with E-state index < -0.39 is 0 Å². The van der Waals surface area contributed by atoms with Gasteiger partial charge in [-0.2, -0.15) is 0 Å². The Morgan fingerprint density at radius 3 is 2.79 bits per heavy atom. The van der Waals surface area contributed by atoms with Crippen LogP contribution in [0.2, 0.25) is 0 Å². The molecule has 19 heavy (non-hydrogen) atoms. The normalized spacial score (nSPS) is 10.3. The van der Waals surface area contributed by atoms with Gasteiger partial charge in [0.05, 0.1) is 11.0 Å². The highest BCUT2D eigenvalue weighted by atomic mass is 35.5. The summed E-state index contributed by atoms with van der Waals surface area (Å²) in [6.07, 6.45) is 1.20. The summed E-state index contributed by atoms with van der Waals surface area (Å²) >= 11 is 0. The molecule has 0 saturated heterocycles. The van der Waals surface area contributed by atoms with Crippen LogP contribution in [0.15, 0.2) is 24.3 Å². The van der Waals surface area contributed by atoms with Gasteiger partial charge < -0.3 is 10.1 Å². The SMILES string of the molecule is CC(C)OCCCNCc1cccc([N+](=O)[O-])c1.Cl. The minimum atomic E-state index is -0.375. The first kappa shape index (κ1) is 17.8. The van der Waals surface area contributed by atoms with Crippen molar-refractivity contribution in [3.8, 4) is 0 Å². The molecule has 0 atom stereocenters. The first-order valence-corrected chi connectivity index (χ1v) is 6.15. The first-order chi connectivity index (χ1) is 8.59. The second kappa shape index (κ2) is 9.72. The van der Waals surface area contributed by atoms with Gasteiger partial charge in [0.25, 0.3) is 5.69 Å². The molecule has 0 aliphatic carbocycles. The van der Waals surface area contributed by atoms with Gasteiger partial charge in [-0.05, 0) is 32.4 Å². The van der Waals surface area contributed by atoms with Gasteiger partial charge in [-0.25, -0.2) is 0 Å². The van der Waals surface area contributed by atoms with E-state index >= 15 is 0 Å². The Morgan fingerprint density at radius 1 is 1.42 bits per heavy atom. The zero-order valence-electron chi connectivity index (χ0n) is 11.3. The molecule has 0 aliphatic rings. The number of nitrogens with zero attached hydrogens (tertiary/aromatic N) is 1. The fourth-order valence-electron chi connectivity index (χ4n) is 1.53. The molecule has 0 unspecified atom stereocenters. The minimum Gasteiger partial charge on any atom is -0.379 e. The molecule has 0 bridgehead atoms. The van der Waals surface area contributed by atoms with Crippen LogP contribution in [0.25, 0.3) is 0 Å². The Hall–Kier alpha value is -1.17. The number of rotatable bonds is 8. The van der Waals surface area contributed by atoms with Crippen LogP contribution in [0, 0.1) is 10.1 Å². The zero-order chi connectivity index (χ0) is 13.4. The van der Waals surface area contributed by atoms with E-state index in [2.05, 4.69) is 5.32 Å². The van der Waals surface area contributed by atoms with Crippen molar-refractivity contribution >= 4 is 18.1 Å². The highest BCUT2D eigenvalue weighted by Gasteiger charge is 2.04. The van der Waals surface area contributed by atoms with Crippen molar-refractivity contribution in [3.63, 3.8) is 0 Å². The van der Waals surface area contributed by atoms with Crippen molar-refractivity contribution in [2.24, 2.45) is 0 Å². The molecule has 0 saturated carbocycles. The first-order valence-electron chi connectivity index (χ1n) is 6.15. The Labute approximate surface area is 119 Å². The number of hydrogen-bond donors (Lipinski definition) is 1. The van der Waals surface area contributed by atoms with Gasteiger partial charge >= 0.3 is 0 Å². The molecule has 0 spiro atoms. The summed E-state index contributed by atoms with van der Waals surface area (Å²) in [5.41, 5.74) is 1.06. The Morgan fingerprint density at radius 2 is 2.16 bits per heavy atom. The summed E-state index contributed by atoms with van der Waals surface area (Å²) in [7, 11) is 0. The third-order valence-corrected chi connectivity index (χ3v) is 2.40. The Balaban J connectivity index is 0.00000324. The number of nitro groups is 1. The number of nitrogens with one attached hydrogen (secondary N) is 1. The molecule has 1 rings (SSSR count). The Kier molecular flexibility index (Phi) is 9.12. The fraction of sp³-hybridized carbons (Fsp3) is 0.538. The number of ether oxygens (including phenoxy) is 1. The highest BCUT2D eigenvalue weighted by Crippen LogP contribution is 2.12. The van der Waals surface area contributed by atoms with Crippen molar-refractivity contribution in [1.29, 1.82) is 0 Å². The second-order valence-corrected chi connectivity index (χ2v) is 4.38. The van der Waals surface area contributed by atoms with E-state index in [-0.39, 0.29) is 29.1 Å². The van der Waals surface area contributed by atoms with Crippen molar-refractivity contribution in [2.75, 3.05) is 13.2 Å². The van der Waals surface area contributed by atoms with Gasteiger partial charge in [0.1, 0.15) is 0 Å². The molecule has 1 N–H and O–H groups in total. The van der Waals surface area contributed by atoms with Crippen LogP contribution in [0.4, 0.5) is 5.69 Å². The van der Waals surface area contributed by atoms with E-state index in [4.69, 9.17) is 4.74 Å². The largest absolute Gasteiger partial charge is 0.379 e. The lowest BCUT2D eigenvalue weighted by molar-refractivity contribution is -0.384. The standard InChI is InChI=1S/C13H20N2O3.ClH/c1-11(2)18-8-4-7-14-10-12-5-3-6-13(9-12)15(16)17;/h3,5-6,9,11,14H,4,7-8,10H2,1-2H3;1H. The average Bonchev–Trinajstić information content (AvgIpc) is 2.33. The number of benzene rings is 1. The van der Waals surface area contributed by atoms with Gasteiger partial charge in [0.2, 0.25) is 0 Å². The van der Waals surface area contributed by atoms with Crippen LogP contribution in [0.3, 0.4) is 0 Å². The van der Waals surface area contributed by atoms with Crippen LogP contribution in [-0.4, -0.2) is 24.2 Å². The maximum atomic E-state index is 10.6. The van der Waals surface area contributed by atoms with Crippen molar-refractivity contribution in [2.45, 2.75) is 32.9 Å². The van der Waals surface area contributed by atoms with E-state index in [9.17, 15) is 10.1 Å². The molecule has 0 radical (unpaired) electrons. The summed E-state index contributed by atoms with van der Waals surface area (Å²) in [4.78, 5) is 10.2. The van der Waals surface area contributed by atoms with Gasteiger partial charge in [0.15, 0.2) is 0 Å². The monoisotopic (exact) mass is 288 g/mol. The zero-order valence-corrected chi connectivity index (χ0v) is 12.1. The third-order valence-electron chi connectivity index (χ3n) is 2.40. The topological polar surface area (TPSA) is 64.4 Å². The molecule has 0 aromatic heterocycles. The van der Waals surface area contributed by atoms with E-state index in [0.29, 0.717) is 6.54 Å². The number of hydrogen-bond acceptors (Lipinski definition) is 4. The van der Waals surface area contributed by atoms with Crippen molar-refractivity contribution < 1.29 is 9.66 Å². The van der Waals surface area contributed by atoms with E-state index in [0.717, 1.165) is 25.1 Å². The van der Waals surface area contributed by atoms with E-state index in [1.807, 2.05) is 19.9 Å². The molecule has 6 heteroatoms.